The van der Waals surface area contributed by atoms with E-state index < -0.39 is 0 Å². The summed E-state index contributed by atoms with van der Waals surface area (Å²) in [5.74, 6) is 1.18. The second-order valence-electron chi connectivity index (χ2n) is 4.89. The Hall–Kier alpha value is -2.15. The molecular weight excluding hydrogens is 256 g/mol. The van der Waals surface area contributed by atoms with E-state index in [0.29, 0.717) is 12.6 Å². The summed E-state index contributed by atoms with van der Waals surface area (Å²) in [7, 11) is 0. The molecule has 1 atom stereocenters. The molecule has 0 aliphatic carbocycles. The first kappa shape index (κ1) is 12.9. The van der Waals surface area contributed by atoms with Crippen molar-refractivity contribution in [3.63, 3.8) is 0 Å². The lowest BCUT2D eigenvalue weighted by Gasteiger charge is -2.33. The maximum Gasteiger partial charge on any atom is 0.222 e. The Labute approximate surface area is 117 Å². The largest absolute Gasteiger partial charge is 0.373 e. The molecule has 2 aromatic heterocycles. The number of rotatable bonds is 3. The van der Waals surface area contributed by atoms with Crippen LogP contribution in [0.4, 0.5) is 11.8 Å². The molecule has 0 radical (unpaired) electrons. The van der Waals surface area contributed by atoms with Gasteiger partial charge >= 0.3 is 0 Å². The number of hydrogen-bond donors (Lipinski definition) is 1. The van der Waals surface area contributed by atoms with E-state index in [-0.39, 0.29) is 6.10 Å². The molecule has 20 heavy (non-hydrogen) atoms. The van der Waals surface area contributed by atoms with Crippen molar-refractivity contribution in [2.75, 3.05) is 30.3 Å². The molecule has 2 aromatic rings. The molecule has 7 nitrogen and oxygen atoms in total. The fourth-order valence-corrected chi connectivity index (χ4v) is 2.39. The van der Waals surface area contributed by atoms with Gasteiger partial charge in [-0.05, 0) is 13.0 Å². The lowest BCUT2D eigenvalue weighted by atomic mass is 10.2. The molecule has 0 aromatic carbocycles. The molecule has 1 fully saturated rings. The average molecular weight is 274 g/mol. The van der Waals surface area contributed by atoms with Crippen LogP contribution in [0.25, 0.3) is 0 Å². The molecule has 0 bridgehead atoms. The molecule has 3 heterocycles. The molecule has 3 rings (SSSR count). The van der Waals surface area contributed by atoms with E-state index in [4.69, 9.17) is 10.5 Å². The fourth-order valence-electron chi connectivity index (χ4n) is 2.39. The molecule has 106 valence electrons. The molecule has 7 heteroatoms. The lowest BCUT2D eigenvalue weighted by molar-refractivity contribution is 0.0272. The van der Waals surface area contributed by atoms with E-state index in [2.05, 4.69) is 20.0 Å². The maximum absolute atomic E-state index is 5.79. The van der Waals surface area contributed by atoms with Gasteiger partial charge in [-0.1, -0.05) is 0 Å². The summed E-state index contributed by atoms with van der Waals surface area (Å²) < 4.78 is 7.67. The van der Waals surface area contributed by atoms with Crippen LogP contribution < -0.4 is 10.6 Å². The molecular formula is C13H18N6O. The van der Waals surface area contributed by atoms with Crippen LogP contribution in [0, 0.1) is 6.92 Å². The third-order valence-electron chi connectivity index (χ3n) is 3.27. The van der Waals surface area contributed by atoms with Gasteiger partial charge in [-0.25, -0.2) is 4.98 Å². The Kier molecular flexibility index (Phi) is 3.51. The minimum absolute atomic E-state index is 0.0974. The quantitative estimate of drug-likeness (QED) is 0.876. The minimum Gasteiger partial charge on any atom is -0.373 e. The van der Waals surface area contributed by atoms with Crippen LogP contribution in [0.1, 0.15) is 5.69 Å². The first-order valence-electron chi connectivity index (χ1n) is 6.66. The predicted octanol–water partition coefficient (Wildman–Crippen LogP) is 0.469. The van der Waals surface area contributed by atoms with E-state index in [9.17, 15) is 0 Å². The van der Waals surface area contributed by atoms with Gasteiger partial charge in [0.2, 0.25) is 5.95 Å². The second-order valence-corrected chi connectivity index (χ2v) is 4.89. The number of hydrogen-bond acceptors (Lipinski definition) is 6. The molecule has 0 saturated carbocycles. The SMILES string of the molecule is Cc1cc(N2CCOC(Cn3cccn3)C2)nc(N)n1. The first-order valence-corrected chi connectivity index (χ1v) is 6.66. The van der Waals surface area contributed by atoms with Gasteiger partial charge in [0.05, 0.1) is 19.3 Å². The van der Waals surface area contributed by atoms with Crippen LogP contribution in [0.5, 0.6) is 0 Å². The summed E-state index contributed by atoms with van der Waals surface area (Å²) in [6.45, 7) is 4.92. The van der Waals surface area contributed by atoms with Crippen LogP contribution in [0.3, 0.4) is 0 Å². The van der Waals surface area contributed by atoms with Crippen molar-refractivity contribution in [1.82, 2.24) is 19.7 Å². The van der Waals surface area contributed by atoms with Crippen LogP contribution >= 0.6 is 0 Å². The summed E-state index contributed by atoms with van der Waals surface area (Å²) in [5, 5.41) is 4.21. The second kappa shape index (κ2) is 5.46. The highest BCUT2D eigenvalue weighted by Crippen LogP contribution is 2.17. The Morgan fingerprint density at radius 3 is 3.10 bits per heavy atom. The van der Waals surface area contributed by atoms with Crippen LogP contribution in [-0.4, -0.2) is 45.5 Å². The monoisotopic (exact) mass is 274 g/mol. The average Bonchev–Trinajstić information content (AvgIpc) is 2.91. The highest BCUT2D eigenvalue weighted by molar-refractivity contribution is 5.43. The third kappa shape index (κ3) is 2.88. The Bertz CT molecular complexity index is 550. The number of ether oxygens (including phenoxy) is 1. The van der Waals surface area contributed by atoms with E-state index >= 15 is 0 Å². The van der Waals surface area contributed by atoms with Gasteiger partial charge in [0.25, 0.3) is 0 Å². The number of nitrogen functional groups attached to an aromatic ring is 1. The zero-order valence-corrected chi connectivity index (χ0v) is 11.4. The Balaban J connectivity index is 1.71. The standard InChI is InChI=1S/C13H18N6O/c1-10-7-12(17-13(14)16-10)18-5-6-20-11(8-18)9-19-4-2-3-15-19/h2-4,7,11H,5-6,8-9H2,1H3,(H2,14,16,17). The van der Waals surface area contributed by atoms with Crippen LogP contribution in [0.2, 0.25) is 0 Å². The summed E-state index contributed by atoms with van der Waals surface area (Å²) in [5.41, 5.74) is 6.59. The molecule has 0 spiro atoms. The number of nitrogens with two attached hydrogens (primary N) is 1. The molecule has 1 saturated heterocycles. The van der Waals surface area contributed by atoms with Crippen molar-refractivity contribution in [1.29, 1.82) is 0 Å². The zero-order valence-electron chi connectivity index (χ0n) is 11.4. The fraction of sp³-hybridized carbons (Fsp3) is 0.462. The maximum atomic E-state index is 5.79. The number of morpholine rings is 1. The van der Waals surface area contributed by atoms with Gasteiger partial charge in [-0.3, -0.25) is 4.68 Å². The minimum atomic E-state index is 0.0974. The van der Waals surface area contributed by atoms with Crippen molar-refractivity contribution in [3.8, 4) is 0 Å². The predicted molar refractivity (Wildman–Crippen MR) is 75.4 cm³/mol. The highest BCUT2D eigenvalue weighted by atomic mass is 16.5. The van der Waals surface area contributed by atoms with Crippen molar-refractivity contribution >= 4 is 11.8 Å². The normalized spacial score (nSPS) is 19.2. The van der Waals surface area contributed by atoms with E-state index in [1.165, 1.54) is 0 Å². The third-order valence-corrected chi connectivity index (χ3v) is 3.27. The Morgan fingerprint density at radius 1 is 1.45 bits per heavy atom. The van der Waals surface area contributed by atoms with Crippen molar-refractivity contribution in [2.45, 2.75) is 19.6 Å². The van der Waals surface area contributed by atoms with Gasteiger partial charge in [0.1, 0.15) is 5.82 Å². The molecule has 1 unspecified atom stereocenters. The number of anilines is 2. The first-order chi connectivity index (χ1) is 9.70. The summed E-state index contributed by atoms with van der Waals surface area (Å²) in [6.07, 6.45) is 3.81. The number of aromatic nitrogens is 4. The van der Waals surface area contributed by atoms with Crippen LogP contribution in [-0.2, 0) is 11.3 Å². The van der Waals surface area contributed by atoms with Gasteiger partial charge in [-0.15, -0.1) is 0 Å². The van der Waals surface area contributed by atoms with Crippen molar-refractivity contribution < 1.29 is 4.74 Å². The number of aryl methyl sites for hydroxylation is 1. The van der Waals surface area contributed by atoms with E-state index in [1.54, 1.807) is 6.20 Å². The topological polar surface area (TPSA) is 82.1 Å². The van der Waals surface area contributed by atoms with Gasteiger partial charge < -0.3 is 15.4 Å². The number of nitrogens with zero attached hydrogens (tertiary/aromatic N) is 5. The molecule has 1 aliphatic heterocycles. The zero-order chi connectivity index (χ0) is 13.9. The van der Waals surface area contributed by atoms with E-state index in [1.807, 2.05) is 29.9 Å². The van der Waals surface area contributed by atoms with Crippen molar-refractivity contribution in [3.05, 3.63) is 30.2 Å². The van der Waals surface area contributed by atoms with Gasteiger partial charge in [-0.2, -0.15) is 10.1 Å². The summed E-state index contributed by atoms with van der Waals surface area (Å²) in [6, 6.07) is 3.86. The van der Waals surface area contributed by atoms with Gasteiger partial charge in [0, 0.05) is 37.2 Å². The smallest absolute Gasteiger partial charge is 0.222 e. The highest BCUT2D eigenvalue weighted by Gasteiger charge is 2.22. The summed E-state index contributed by atoms with van der Waals surface area (Å²) >= 11 is 0. The van der Waals surface area contributed by atoms with Crippen LogP contribution in [0.15, 0.2) is 24.5 Å². The lowest BCUT2D eigenvalue weighted by Crippen LogP contribution is -2.44. The molecule has 2 N–H and O–H groups in total. The molecule has 1 aliphatic rings. The molecule has 0 amide bonds. The van der Waals surface area contributed by atoms with Gasteiger partial charge in [0.15, 0.2) is 0 Å². The summed E-state index contributed by atoms with van der Waals surface area (Å²) in [4.78, 5) is 10.6. The Morgan fingerprint density at radius 2 is 2.35 bits per heavy atom. The van der Waals surface area contributed by atoms with E-state index in [0.717, 1.165) is 31.1 Å². The van der Waals surface area contributed by atoms with Crippen molar-refractivity contribution in [2.24, 2.45) is 0 Å².